The van der Waals surface area contributed by atoms with Crippen LogP contribution in [-0.4, -0.2) is 28.6 Å². The number of ether oxygens (including phenoxy) is 1. The molecule has 2 aromatic heterocycles. The molecule has 2 heterocycles. The maximum Gasteiger partial charge on any atom is 0.339 e. The first kappa shape index (κ1) is 15.7. The molecular formula is C17H15N3O4. The van der Waals surface area contributed by atoms with Gasteiger partial charge in [-0.2, -0.15) is 0 Å². The van der Waals surface area contributed by atoms with Gasteiger partial charge in [0.1, 0.15) is 0 Å². The molecule has 3 aromatic rings. The second-order valence-corrected chi connectivity index (χ2v) is 5.29. The summed E-state index contributed by atoms with van der Waals surface area (Å²) in [7, 11) is 0. The molecule has 1 amide bonds. The van der Waals surface area contributed by atoms with Crippen molar-refractivity contribution in [2.75, 3.05) is 11.9 Å². The summed E-state index contributed by atoms with van der Waals surface area (Å²) in [6, 6.07) is 10.5. The summed E-state index contributed by atoms with van der Waals surface area (Å²) in [6.07, 6.45) is 0. The van der Waals surface area contributed by atoms with Gasteiger partial charge in [0.05, 0.1) is 16.8 Å². The van der Waals surface area contributed by atoms with Crippen LogP contribution in [0.4, 0.5) is 5.88 Å². The van der Waals surface area contributed by atoms with E-state index in [2.05, 4.69) is 15.5 Å². The van der Waals surface area contributed by atoms with Crippen molar-refractivity contribution in [1.29, 1.82) is 0 Å². The quantitative estimate of drug-likeness (QED) is 0.741. The predicted molar refractivity (Wildman–Crippen MR) is 86.6 cm³/mol. The van der Waals surface area contributed by atoms with Crippen LogP contribution < -0.4 is 5.32 Å². The van der Waals surface area contributed by atoms with Gasteiger partial charge in [-0.25, -0.2) is 4.79 Å². The van der Waals surface area contributed by atoms with E-state index in [0.29, 0.717) is 27.9 Å². The number of hydrogen-bond acceptors (Lipinski definition) is 6. The zero-order valence-corrected chi connectivity index (χ0v) is 13.2. The Morgan fingerprint density at radius 2 is 1.96 bits per heavy atom. The highest BCUT2D eigenvalue weighted by molar-refractivity contribution is 6.04. The number of carbonyl (C=O) groups excluding carboxylic acids is 2. The first-order valence-corrected chi connectivity index (χ1v) is 7.29. The number of nitrogens with zero attached hydrogens (tertiary/aromatic N) is 2. The molecule has 0 aliphatic rings. The van der Waals surface area contributed by atoms with Gasteiger partial charge in [-0.3, -0.25) is 15.1 Å². The van der Waals surface area contributed by atoms with Crippen molar-refractivity contribution in [1.82, 2.24) is 10.1 Å². The van der Waals surface area contributed by atoms with Gasteiger partial charge < -0.3 is 9.26 Å². The van der Waals surface area contributed by atoms with Crippen LogP contribution in [0.2, 0.25) is 0 Å². The SMILES string of the molecule is Cc1cc(NC(=O)COC(=O)c2cc(C)nc3ccccc23)on1. The van der Waals surface area contributed by atoms with Gasteiger partial charge in [-0.15, -0.1) is 0 Å². The summed E-state index contributed by atoms with van der Waals surface area (Å²) in [6.45, 7) is 3.10. The standard InChI is InChI=1S/C17H15N3O4/c1-10-7-13(12-5-3-4-6-14(12)18-10)17(22)23-9-15(21)19-16-8-11(2)20-24-16/h3-8H,9H2,1-2H3,(H,19,21). The van der Waals surface area contributed by atoms with Crippen molar-refractivity contribution < 1.29 is 18.8 Å². The van der Waals surface area contributed by atoms with Crippen molar-refractivity contribution in [2.24, 2.45) is 0 Å². The Labute approximate surface area is 137 Å². The number of aryl methyl sites for hydroxylation is 2. The molecule has 7 nitrogen and oxygen atoms in total. The van der Waals surface area contributed by atoms with Crippen molar-refractivity contribution in [3.8, 4) is 0 Å². The van der Waals surface area contributed by atoms with E-state index in [-0.39, 0.29) is 5.88 Å². The average molecular weight is 325 g/mol. The van der Waals surface area contributed by atoms with Crippen LogP contribution in [0.15, 0.2) is 40.9 Å². The molecule has 0 saturated heterocycles. The number of fused-ring (bicyclic) bond motifs is 1. The fourth-order valence-corrected chi connectivity index (χ4v) is 2.28. The molecule has 0 spiro atoms. The number of para-hydroxylation sites is 1. The fraction of sp³-hybridized carbons (Fsp3) is 0.176. The molecule has 0 radical (unpaired) electrons. The van der Waals surface area contributed by atoms with Gasteiger partial charge in [0.2, 0.25) is 5.88 Å². The minimum Gasteiger partial charge on any atom is -0.452 e. The summed E-state index contributed by atoms with van der Waals surface area (Å²) < 4.78 is 9.96. The van der Waals surface area contributed by atoms with Crippen LogP contribution in [-0.2, 0) is 9.53 Å². The minimum absolute atomic E-state index is 0.207. The van der Waals surface area contributed by atoms with E-state index in [4.69, 9.17) is 9.26 Å². The Morgan fingerprint density at radius 3 is 2.71 bits per heavy atom. The van der Waals surface area contributed by atoms with E-state index < -0.39 is 18.5 Å². The van der Waals surface area contributed by atoms with Gasteiger partial charge in [0.25, 0.3) is 5.91 Å². The molecule has 24 heavy (non-hydrogen) atoms. The lowest BCUT2D eigenvalue weighted by Crippen LogP contribution is -2.21. The van der Waals surface area contributed by atoms with Crippen LogP contribution in [0.1, 0.15) is 21.7 Å². The smallest absolute Gasteiger partial charge is 0.339 e. The van der Waals surface area contributed by atoms with Gasteiger partial charge in [0, 0.05) is 17.1 Å². The lowest BCUT2D eigenvalue weighted by Gasteiger charge is -2.08. The second kappa shape index (κ2) is 6.49. The molecular weight excluding hydrogens is 310 g/mol. The normalized spacial score (nSPS) is 10.6. The molecule has 0 atom stereocenters. The Hall–Kier alpha value is -3.22. The van der Waals surface area contributed by atoms with Crippen LogP contribution in [0.5, 0.6) is 0 Å². The van der Waals surface area contributed by atoms with E-state index in [1.165, 1.54) is 0 Å². The number of benzene rings is 1. The van der Waals surface area contributed by atoms with Gasteiger partial charge >= 0.3 is 5.97 Å². The lowest BCUT2D eigenvalue weighted by molar-refractivity contribution is -0.119. The fourth-order valence-electron chi connectivity index (χ4n) is 2.28. The number of pyridine rings is 1. The first-order valence-electron chi connectivity index (χ1n) is 7.29. The molecule has 1 N–H and O–H groups in total. The summed E-state index contributed by atoms with van der Waals surface area (Å²) in [5.41, 5.74) is 2.41. The molecule has 0 unspecified atom stereocenters. The van der Waals surface area contributed by atoms with E-state index >= 15 is 0 Å². The molecule has 0 saturated carbocycles. The number of carbonyl (C=O) groups is 2. The maximum absolute atomic E-state index is 12.3. The number of hydrogen-bond donors (Lipinski definition) is 1. The van der Waals surface area contributed by atoms with Crippen molar-refractivity contribution in [3.05, 3.63) is 53.3 Å². The van der Waals surface area contributed by atoms with Crippen molar-refractivity contribution in [2.45, 2.75) is 13.8 Å². The average Bonchev–Trinajstić information content (AvgIpc) is 2.96. The van der Waals surface area contributed by atoms with Gasteiger partial charge in [-0.05, 0) is 26.0 Å². The zero-order chi connectivity index (χ0) is 17.1. The number of amides is 1. The molecule has 0 bridgehead atoms. The summed E-state index contributed by atoms with van der Waals surface area (Å²) >= 11 is 0. The third-order valence-electron chi connectivity index (χ3n) is 3.29. The Bertz CT molecular complexity index is 917. The first-order chi connectivity index (χ1) is 11.5. The third-order valence-corrected chi connectivity index (χ3v) is 3.29. The Morgan fingerprint density at radius 1 is 1.17 bits per heavy atom. The highest BCUT2D eigenvalue weighted by Crippen LogP contribution is 2.19. The summed E-state index contributed by atoms with van der Waals surface area (Å²) in [4.78, 5) is 28.5. The second-order valence-electron chi connectivity index (χ2n) is 5.29. The third kappa shape index (κ3) is 3.40. The number of aromatic nitrogens is 2. The van der Waals surface area contributed by atoms with Crippen LogP contribution in [0.3, 0.4) is 0 Å². The number of nitrogens with one attached hydrogen (secondary N) is 1. The molecule has 0 fully saturated rings. The number of anilines is 1. The summed E-state index contributed by atoms with van der Waals surface area (Å²) in [5, 5.41) is 6.79. The molecule has 3 rings (SSSR count). The summed E-state index contributed by atoms with van der Waals surface area (Å²) in [5.74, 6) is -0.881. The van der Waals surface area contributed by atoms with E-state index in [9.17, 15) is 9.59 Å². The number of rotatable bonds is 4. The molecule has 122 valence electrons. The predicted octanol–water partition coefficient (Wildman–Crippen LogP) is 2.64. The highest BCUT2D eigenvalue weighted by atomic mass is 16.5. The van der Waals surface area contributed by atoms with Gasteiger partial charge in [0.15, 0.2) is 6.61 Å². The van der Waals surface area contributed by atoms with Crippen LogP contribution in [0.25, 0.3) is 10.9 Å². The largest absolute Gasteiger partial charge is 0.452 e. The van der Waals surface area contributed by atoms with E-state index in [0.717, 1.165) is 0 Å². The topological polar surface area (TPSA) is 94.3 Å². The lowest BCUT2D eigenvalue weighted by atomic mass is 10.1. The van der Waals surface area contributed by atoms with Gasteiger partial charge in [-0.1, -0.05) is 23.4 Å². The Kier molecular flexibility index (Phi) is 4.24. The Balaban J connectivity index is 1.70. The monoisotopic (exact) mass is 325 g/mol. The van der Waals surface area contributed by atoms with E-state index in [1.54, 1.807) is 32.0 Å². The van der Waals surface area contributed by atoms with Crippen molar-refractivity contribution >= 4 is 28.7 Å². The number of esters is 1. The van der Waals surface area contributed by atoms with E-state index in [1.807, 2.05) is 18.2 Å². The molecule has 1 aromatic carbocycles. The molecule has 0 aliphatic carbocycles. The van der Waals surface area contributed by atoms with Crippen LogP contribution in [0, 0.1) is 13.8 Å². The highest BCUT2D eigenvalue weighted by Gasteiger charge is 2.15. The molecule has 7 heteroatoms. The maximum atomic E-state index is 12.3. The zero-order valence-electron chi connectivity index (χ0n) is 13.2. The van der Waals surface area contributed by atoms with Crippen LogP contribution >= 0.6 is 0 Å². The minimum atomic E-state index is -0.583. The van der Waals surface area contributed by atoms with Crippen molar-refractivity contribution in [3.63, 3.8) is 0 Å². The molecule has 0 aliphatic heterocycles.